The summed E-state index contributed by atoms with van der Waals surface area (Å²) >= 11 is 0. The lowest BCUT2D eigenvalue weighted by Crippen LogP contribution is -2.31. The first-order chi connectivity index (χ1) is 17.0. The van der Waals surface area contributed by atoms with Crippen LogP contribution in [0.1, 0.15) is 39.7 Å². The summed E-state index contributed by atoms with van der Waals surface area (Å²) in [6.45, 7) is 4.25. The Balaban J connectivity index is 1.48. The maximum atomic E-state index is 13.8. The molecule has 6 heteroatoms. The van der Waals surface area contributed by atoms with Crippen molar-refractivity contribution in [1.82, 2.24) is 9.88 Å². The number of likely N-dealkylation sites (N-methyl/N-ethyl adjacent to an activating group) is 1. The van der Waals surface area contributed by atoms with E-state index >= 15 is 0 Å². The third-order valence-corrected chi connectivity index (χ3v) is 6.31. The second kappa shape index (κ2) is 9.68. The van der Waals surface area contributed by atoms with Crippen molar-refractivity contribution in [3.63, 3.8) is 0 Å². The summed E-state index contributed by atoms with van der Waals surface area (Å²) < 4.78 is 19.6. The molecule has 5 rings (SSSR count). The number of pyridine rings is 1. The van der Waals surface area contributed by atoms with E-state index in [9.17, 15) is 14.3 Å². The van der Waals surface area contributed by atoms with Crippen LogP contribution < -0.4 is 4.74 Å². The van der Waals surface area contributed by atoms with Gasteiger partial charge in [0, 0.05) is 29.6 Å². The van der Waals surface area contributed by atoms with Gasteiger partial charge in [-0.1, -0.05) is 55.5 Å². The van der Waals surface area contributed by atoms with Crippen molar-refractivity contribution in [1.29, 1.82) is 0 Å². The van der Waals surface area contributed by atoms with Crippen molar-refractivity contribution in [2.45, 2.75) is 20.1 Å². The second-order valence-electron chi connectivity index (χ2n) is 8.56. The Morgan fingerprint density at radius 3 is 2.54 bits per heavy atom. The van der Waals surface area contributed by atoms with Gasteiger partial charge >= 0.3 is 5.97 Å². The van der Waals surface area contributed by atoms with Crippen LogP contribution in [-0.4, -0.2) is 34.0 Å². The average molecular weight is 469 g/mol. The fraction of sp³-hybridized carbons (Fsp3) is 0.172. The number of ether oxygens (including phenoxy) is 1. The highest BCUT2D eigenvalue weighted by atomic mass is 19.1. The molecule has 0 unspecified atom stereocenters. The van der Waals surface area contributed by atoms with Crippen molar-refractivity contribution in [3.05, 3.63) is 107 Å². The lowest BCUT2D eigenvalue weighted by Gasteiger charge is -2.30. The first-order valence-corrected chi connectivity index (χ1v) is 11.6. The summed E-state index contributed by atoms with van der Waals surface area (Å²) in [4.78, 5) is 19.4. The fourth-order valence-electron chi connectivity index (χ4n) is 4.49. The summed E-state index contributed by atoms with van der Waals surface area (Å²) in [6.07, 6.45) is 2.05. The van der Waals surface area contributed by atoms with E-state index in [1.807, 2.05) is 48.5 Å². The first kappa shape index (κ1) is 22.7. The number of halogens is 1. The highest BCUT2D eigenvalue weighted by Crippen LogP contribution is 2.34. The highest BCUT2D eigenvalue weighted by molar-refractivity contribution is 6.06. The number of aromatic carboxylic acids is 1. The van der Waals surface area contributed by atoms with Crippen molar-refractivity contribution in [2.24, 2.45) is 0 Å². The van der Waals surface area contributed by atoms with Gasteiger partial charge in [0.15, 0.2) is 0 Å². The van der Waals surface area contributed by atoms with Gasteiger partial charge in [0.1, 0.15) is 18.2 Å². The number of benzene rings is 3. The molecular weight excluding hydrogens is 443 g/mol. The molecule has 1 aliphatic heterocycles. The summed E-state index contributed by atoms with van der Waals surface area (Å²) in [5.74, 6) is -0.577. The van der Waals surface area contributed by atoms with Crippen LogP contribution in [0.3, 0.4) is 0 Å². The number of carboxylic acids is 1. The Labute approximate surface area is 203 Å². The first-order valence-electron chi connectivity index (χ1n) is 11.6. The summed E-state index contributed by atoms with van der Waals surface area (Å²) in [6, 6.07) is 21.5. The zero-order valence-corrected chi connectivity index (χ0v) is 19.4. The van der Waals surface area contributed by atoms with Gasteiger partial charge in [0.05, 0.1) is 16.8 Å². The molecular formula is C29H25FN2O3. The number of nitrogens with zero attached hydrogens (tertiary/aromatic N) is 2. The number of aromatic nitrogens is 1. The van der Waals surface area contributed by atoms with E-state index in [1.54, 1.807) is 18.2 Å². The third-order valence-electron chi connectivity index (χ3n) is 6.31. The van der Waals surface area contributed by atoms with Crippen molar-refractivity contribution < 1.29 is 19.0 Å². The molecule has 1 aromatic heterocycles. The minimum absolute atomic E-state index is 0.154. The summed E-state index contributed by atoms with van der Waals surface area (Å²) in [5.41, 5.74) is 4.93. The van der Waals surface area contributed by atoms with Gasteiger partial charge in [-0.25, -0.2) is 14.2 Å². The monoisotopic (exact) mass is 468 g/mol. The van der Waals surface area contributed by atoms with E-state index < -0.39 is 5.97 Å². The molecule has 35 heavy (non-hydrogen) atoms. The van der Waals surface area contributed by atoms with Gasteiger partial charge in [-0.3, -0.25) is 4.90 Å². The van der Waals surface area contributed by atoms with Crippen LogP contribution in [0.4, 0.5) is 4.39 Å². The molecule has 0 amide bonds. The maximum absolute atomic E-state index is 13.8. The maximum Gasteiger partial charge on any atom is 0.336 e. The van der Waals surface area contributed by atoms with Gasteiger partial charge in [-0.15, -0.1) is 0 Å². The molecule has 2 heterocycles. The molecule has 0 fully saturated rings. The molecule has 0 bridgehead atoms. The van der Waals surface area contributed by atoms with Crippen LogP contribution in [0.15, 0.2) is 72.8 Å². The molecule has 1 aliphatic rings. The smallest absolute Gasteiger partial charge is 0.336 e. The van der Waals surface area contributed by atoms with E-state index in [0.717, 1.165) is 28.9 Å². The zero-order chi connectivity index (χ0) is 24.4. The van der Waals surface area contributed by atoms with Gasteiger partial charge in [0.2, 0.25) is 0 Å². The SMILES string of the molecule is CCN1C/C(=C\c2ccc(OCc3ccccc3F)cc2)c2nc3ccccc3c(C(=O)O)c2C1. The van der Waals surface area contributed by atoms with Crippen LogP contribution in [0.2, 0.25) is 0 Å². The van der Waals surface area contributed by atoms with Gasteiger partial charge < -0.3 is 9.84 Å². The predicted octanol–water partition coefficient (Wildman–Crippen LogP) is 6.03. The quantitative estimate of drug-likeness (QED) is 0.375. The number of para-hydroxylation sites is 1. The molecule has 0 saturated heterocycles. The van der Waals surface area contributed by atoms with Crippen molar-refractivity contribution >= 4 is 28.5 Å². The topological polar surface area (TPSA) is 62.7 Å². The van der Waals surface area contributed by atoms with Crippen LogP contribution >= 0.6 is 0 Å². The Morgan fingerprint density at radius 2 is 1.80 bits per heavy atom. The lowest BCUT2D eigenvalue weighted by atomic mass is 9.92. The molecule has 5 nitrogen and oxygen atoms in total. The molecule has 4 aromatic rings. The minimum Gasteiger partial charge on any atom is -0.489 e. The zero-order valence-electron chi connectivity index (χ0n) is 19.4. The largest absolute Gasteiger partial charge is 0.489 e. The molecule has 176 valence electrons. The van der Waals surface area contributed by atoms with Crippen LogP contribution in [-0.2, 0) is 13.2 Å². The molecule has 0 radical (unpaired) electrons. The number of carbonyl (C=O) groups is 1. The van der Waals surface area contributed by atoms with E-state index in [-0.39, 0.29) is 12.4 Å². The molecule has 1 N–H and O–H groups in total. The average Bonchev–Trinajstić information content (AvgIpc) is 2.87. The van der Waals surface area contributed by atoms with Crippen LogP contribution in [0.25, 0.3) is 22.6 Å². The third kappa shape index (κ3) is 4.66. The van der Waals surface area contributed by atoms with Crippen LogP contribution in [0, 0.1) is 5.82 Å². The van der Waals surface area contributed by atoms with Gasteiger partial charge in [-0.05, 0) is 48.0 Å². The van der Waals surface area contributed by atoms with E-state index in [1.165, 1.54) is 6.07 Å². The van der Waals surface area contributed by atoms with Crippen LogP contribution in [0.5, 0.6) is 5.75 Å². The number of hydrogen-bond acceptors (Lipinski definition) is 4. The predicted molar refractivity (Wildman–Crippen MR) is 135 cm³/mol. The Bertz CT molecular complexity index is 1430. The molecule has 0 spiro atoms. The minimum atomic E-state index is -0.937. The molecule has 0 atom stereocenters. The number of hydrogen-bond donors (Lipinski definition) is 1. The van der Waals surface area contributed by atoms with E-state index in [0.29, 0.717) is 40.9 Å². The van der Waals surface area contributed by atoms with E-state index in [2.05, 4.69) is 17.9 Å². The molecule has 0 aliphatic carbocycles. The van der Waals surface area contributed by atoms with Gasteiger partial charge in [0.25, 0.3) is 0 Å². The molecule has 0 saturated carbocycles. The Morgan fingerprint density at radius 1 is 1.06 bits per heavy atom. The number of rotatable bonds is 6. The summed E-state index contributed by atoms with van der Waals surface area (Å²) in [5, 5.41) is 10.7. The lowest BCUT2D eigenvalue weighted by molar-refractivity contribution is 0.0696. The van der Waals surface area contributed by atoms with Crippen molar-refractivity contribution in [3.8, 4) is 5.75 Å². The Hall–Kier alpha value is -4.03. The normalized spacial score (nSPS) is 14.7. The second-order valence-corrected chi connectivity index (χ2v) is 8.56. The summed E-state index contributed by atoms with van der Waals surface area (Å²) in [7, 11) is 0. The van der Waals surface area contributed by atoms with E-state index in [4.69, 9.17) is 9.72 Å². The number of fused-ring (bicyclic) bond motifs is 2. The van der Waals surface area contributed by atoms with Gasteiger partial charge in [-0.2, -0.15) is 0 Å². The number of carboxylic acid groups (broad SMARTS) is 1. The fourth-order valence-corrected chi connectivity index (χ4v) is 4.49. The highest BCUT2D eigenvalue weighted by Gasteiger charge is 2.27. The Kier molecular flexibility index (Phi) is 6.29. The van der Waals surface area contributed by atoms with Crippen molar-refractivity contribution in [2.75, 3.05) is 13.1 Å². The molecule has 3 aromatic carbocycles. The standard InChI is InChI=1S/C29H25FN2O3/c1-2-32-16-21(28-24(17-32)27(29(33)34)23-8-4-6-10-26(23)31-28)15-19-11-13-22(14-12-19)35-18-20-7-3-5-9-25(20)30/h3-15H,2,16-18H2,1H3,(H,33,34)/b21-15+.